The average Bonchev–Trinajstić information content (AvgIpc) is 2.92. The topological polar surface area (TPSA) is 62.0 Å². The van der Waals surface area contributed by atoms with Crippen LogP contribution in [-0.2, 0) is 4.79 Å². The maximum atomic E-state index is 12.4. The summed E-state index contributed by atoms with van der Waals surface area (Å²) in [4.78, 5) is 27.6. The fourth-order valence-electron chi connectivity index (χ4n) is 2.30. The van der Waals surface area contributed by atoms with E-state index in [4.69, 9.17) is 11.6 Å². The molecule has 0 spiro atoms. The minimum Gasteiger partial charge on any atom is -0.360 e. The summed E-state index contributed by atoms with van der Waals surface area (Å²) in [7, 11) is 0. The Hall–Kier alpha value is -2.11. The van der Waals surface area contributed by atoms with E-state index in [0.717, 1.165) is 15.6 Å². The van der Waals surface area contributed by atoms with Gasteiger partial charge in [-0.25, -0.2) is 0 Å². The highest BCUT2D eigenvalue weighted by molar-refractivity contribution is 9.10. The van der Waals surface area contributed by atoms with Crippen molar-refractivity contribution < 1.29 is 9.59 Å². The predicted molar refractivity (Wildman–Crippen MR) is 95.1 cm³/mol. The molecule has 0 saturated carbocycles. The molecule has 0 unspecified atom stereocenters. The Balaban J connectivity index is 1.89. The number of carbonyl (C=O) groups is 2. The third kappa shape index (κ3) is 3.16. The minimum atomic E-state index is -0.699. The number of H-pyrrole nitrogens is 1. The molecule has 1 amide bonds. The van der Waals surface area contributed by atoms with E-state index in [1.165, 1.54) is 6.20 Å². The van der Waals surface area contributed by atoms with E-state index in [0.29, 0.717) is 21.7 Å². The standard InChI is InChI=1S/C17H12BrClN2O2/c1-9-2-4-15(13(18)6-9)21-17(23)16(22)12-8-20-14-5-3-10(19)7-11(12)14/h2-8,20H,1H3,(H,21,23). The lowest BCUT2D eigenvalue weighted by Gasteiger charge is -2.07. The summed E-state index contributed by atoms with van der Waals surface area (Å²) in [5.41, 5.74) is 2.64. The summed E-state index contributed by atoms with van der Waals surface area (Å²) >= 11 is 9.34. The monoisotopic (exact) mass is 390 g/mol. The molecule has 2 aromatic carbocycles. The van der Waals surface area contributed by atoms with Crippen LogP contribution in [0.2, 0.25) is 5.02 Å². The number of amides is 1. The Bertz CT molecular complexity index is 933. The third-order valence-electron chi connectivity index (χ3n) is 3.47. The van der Waals surface area contributed by atoms with Crippen molar-refractivity contribution in [2.45, 2.75) is 6.92 Å². The number of carbonyl (C=O) groups excluding carboxylic acids is 2. The second-order valence-corrected chi connectivity index (χ2v) is 6.45. The number of halogens is 2. The van der Waals surface area contributed by atoms with Crippen LogP contribution < -0.4 is 5.32 Å². The molecular formula is C17H12BrClN2O2. The van der Waals surface area contributed by atoms with Crippen molar-refractivity contribution >= 4 is 55.8 Å². The zero-order chi connectivity index (χ0) is 16.6. The van der Waals surface area contributed by atoms with Crippen molar-refractivity contribution in [3.63, 3.8) is 0 Å². The first-order chi connectivity index (χ1) is 11.0. The van der Waals surface area contributed by atoms with Gasteiger partial charge in [0, 0.05) is 26.6 Å². The van der Waals surface area contributed by atoms with Gasteiger partial charge in [-0.2, -0.15) is 0 Å². The number of nitrogens with one attached hydrogen (secondary N) is 2. The average molecular weight is 392 g/mol. The number of hydrogen-bond acceptors (Lipinski definition) is 2. The number of ketones is 1. The normalized spacial score (nSPS) is 10.7. The van der Waals surface area contributed by atoms with Crippen LogP contribution in [0.25, 0.3) is 10.9 Å². The van der Waals surface area contributed by atoms with Crippen molar-refractivity contribution in [3.8, 4) is 0 Å². The molecule has 0 radical (unpaired) electrons. The van der Waals surface area contributed by atoms with E-state index in [-0.39, 0.29) is 0 Å². The predicted octanol–water partition coefficient (Wildman–Crippen LogP) is 4.71. The van der Waals surface area contributed by atoms with Crippen molar-refractivity contribution in [3.05, 3.63) is 63.2 Å². The first-order valence-electron chi connectivity index (χ1n) is 6.84. The second kappa shape index (κ2) is 6.18. The van der Waals surface area contributed by atoms with E-state index < -0.39 is 11.7 Å². The van der Waals surface area contributed by atoms with Crippen LogP contribution in [0, 0.1) is 6.92 Å². The maximum Gasteiger partial charge on any atom is 0.296 e. The first kappa shape index (κ1) is 15.8. The molecule has 3 aromatic rings. The summed E-state index contributed by atoms with van der Waals surface area (Å²) in [5, 5.41) is 3.76. The van der Waals surface area contributed by atoms with Crippen LogP contribution in [0.1, 0.15) is 15.9 Å². The zero-order valence-corrected chi connectivity index (χ0v) is 14.5. The third-order valence-corrected chi connectivity index (χ3v) is 4.36. The highest BCUT2D eigenvalue weighted by Gasteiger charge is 2.21. The van der Waals surface area contributed by atoms with Crippen LogP contribution in [0.15, 0.2) is 47.1 Å². The van der Waals surface area contributed by atoms with Gasteiger partial charge in [0.1, 0.15) is 0 Å². The van der Waals surface area contributed by atoms with E-state index >= 15 is 0 Å². The minimum absolute atomic E-state index is 0.295. The summed E-state index contributed by atoms with van der Waals surface area (Å²) in [6.07, 6.45) is 1.52. The smallest absolute Gasteiger partial charge is 0.296 e. The fourth-order valence-corrected chi connectivity index (χ4v) is 3.07. The lowest BCUT2D eigenvalue weighted by Crippen LogP contribution is -2.22. The fraction of sp³-hybridized carbons (Fsp3) is 0.0588. The number of rotatable bonds is 3. The summed E-state index contributed by atoms with van der Waals surface area (Å²) in [5.74, 6) is -1.32. The number of benzene rings is 2. The molecule has 6 heteroatoms. The molecule has 0 bridgehead atoms. The van der Waals surface area contributed by atoms with Gasteiger partial charge >= 0.3 is 0 Å². The molecular weight excluding hydrogens is 380 g/mol. The van der Waals surface area contributed by atoms with Crippen LogP contribution in [-0.4, -0.2) is 16.7 Å². The molecule has 3 rings (SSSR count). The van der Waals surface area contributed by atoms with Gasteiger partial charge in [-0.1, -0.05) is 17.7 Å². The Morgan fingerprint density at radius 2 is 1.96 bits per heavy atom. The molecule has 1 heterocycles. The van der Waals surface area contributed by atoms with Crippen molar-refractivity contribution in [2.75, 3.05) is 5.32 Å². The number of Topliss-reactive ketones (excluding diaryl/α,β-unsaturated/α-hetero) is 1. The van der Waals surface area contributed by atoms with Crippen LogP contribution in [0.4, 0.5) is 5.69 Å². The molecule has 1 aromatic heterocycles. The number of anilines is 1. The van der Waals surface area contributed by atoms with Gasteiger partial charge in [-0.05, 0) is 58.7 Å². The Kier molecular flexibility index (Phi) is 4.24. The molecule has 0 saturated heterocycles. The van der Waals surface area contributed by atoms with Gasteiger partial charge in [0.05, 0.1) is 11.3 Å². The molecule has 0 fully saturated rings. The highest BCUT2D eigenvalue weighted by Crippen LogP contribution is 2.25. The molecule has 0 aliphatic rings. The van der Waals surface area contributed by atoms with Gasteiger partial charge in [-0.15, -0.1) is 0 Å². The Morgan fingerprint density at radius 1 is 1.17 bits per heavy atom. The van der Waals surface area contributed by atoms with Crippen molar-refractivity contribution in [1.29, 1.82) is 0 Å². The number of hydrogen-bond donors (Lipinski definition) is 2. The Labute approximate surface area is 146 Å². The summed E-state index contributed by atoms with van der Waals surface area (Å²) in [6.45, 7) is 1.94. The van der Waals surface area contributed by atoms with E-state index in [1.807, 2.05) is 19.1 Å². The summed E-state index contributed by atoms with van der Waals surface area (Å²) < 4.78 is 0.723. The quantitative estimate of drug-likeness (QED) is 0.501. The van der Waals surface area contributed by atoms with Gasteiger partial charge in [0.2, 0.25) is 0 Å². The van der Waals surface area contributed by atoms with Crippen LogP contribution in [0.5, 0.6) is 0 Å². The molecule has 0 atom stereocenters. The first-order valence-corrected chi connectivity index (χ1v) is 8.01. The van der Waals surface area contributed by atoms with E-state index in [1.54, 1.807) is 24.3 Å². The van der Waals surface area contributed by atoms with E-state index in [2.05, 4.69) is 26.2 Å². The SMILES string of the molecule is Cc1ccc(NC(=O)C(=O)c2c[nH]c3ccc(Cl)cc23)c(Br)c1. The zero-order valence-electron chi connectivity index (χ0n) is 12.1. The van der Waals surface area contributed by atoms with Crippen molar-refractivity contribution in [2.24, 2.45) is 0 Å². The molecule has 0 aliphatic carbocycles. The maximum absolute atomic E-state index is 12.4. The summed E-state index contributed by atoms with van der Waals surface area (Å²) in [6, 6.07) is 10.6. The van der Waals surface area contributed by atoms with Gasteiger partial charge in [-0.3, -0.25) is 9.59 Å². The number of aromatic amines is 1. The van der Waals surface area contributed by atoms with Gasteiger partial charge < -0.3 is 10.3 Å². The van der Waals surface area contributed by atoms with Crippen LogP contribution in [0.3, 0.4) is 0 Å². The lowest BCUT2D eigenvalue weighted by atomic mass is 10.1. The largest absolute Gasteiger partial charge is 0.360 e. The van der Waals surface area contributed by atoms with Crippen molar-refractivity contribution in [1.82, 2.24) is 4.98 Å². The molecule has 23 heavy (non-hydrogen) atoms. The lowest BCUT2D eigenvalue weighted by molar-refractivity contribution is -0.112. The Morgan fingerprint density at radius 3 is 2.70 bits per heavy atom. The number of fused-ring (bicyclic) bond motifs is 1. The van der Waals surface area contributed by atoms with Gasteiger partial charge in [0.15, 0.2) is 0 Å². The molecule has 4 nitrogen and oxygen atoms in total. The molecule has 2 N–H and O–H groups in total. The van der Waals surface area contributed by atoms with Gasteiger partial charge in [0.25, 0.3) is 11.7 Å². The molecule has 116 valence electrons. The van der Waals surface area contributed by atoms with Crippen LogP contribution >= 0.6 is 27.5 Å². The highest BCUT2D eigenvalue weighted by atomic mass is 79.9. The number of aromatic nitrogens is 1. The second-order valence-electron chi connectivity index (χ2n) is 5.16. The number of aryl methyl sites for hydroxylation is 1. The molecule has 0 aliphatic heterocycles. The van der Waals surface area contributed by atoms with E-state index in [9.17, 15) is 9.59 Å².